The lowest BCUT2D eigenvalue weighted by molar-refractivity contribution is 0.375. The molecule has 0 radical (unpaired) electrons. The Morgan fingerprint density at radius 2 is 1.90 bits per heavy atom. The van der Waals surface area contributed by atoms with Gasteiger partial charge in [-0.1, -0.05) is 55.1 Å². The summed E-state index contributed by atoms with van der Waals surface area (Å²) in [7, 11) is 0. The van der Waals surface area contributed by atoms with Crippen molar-refractivity contribution in [2.45, 2.75) is 58.2 Å². The zero-order valence-corrected chi connectivity index (χ0v) is 18.3. The Morgan fingerprint density at radius 1 is 1.17 bits per heavy atom. The molecule has 0 N–H and O–H groups in total. The van der Waals surface area contributed by atoms with E-state index in [4.69, 9.17) is 15.0 Å². The van der Waals surface area contributed by atoms with Gasteiger partial charge in [-0.3, -0.25) is 15.0 Å². The number of hydrogen-bond acceptors (Lipinski definition) is 3. The van der Waals surface area contributed by atoms with E-state index in [1.807, 2.05) is 64.3 Å². The fraction of sp³-hybridized carbons (Fsp3) is 0.346. The Labute approximate surface area is 176 Å². The summed E-state index contributed by atoms with van der Waals surface area (Å²) in [6.45, 7) is 18.3. The number of allylic oxidation sites excluding steroid dienone is 4. The largest absolute Gasteiger partial charge is 0.288 e. The van der Waals surface area contributed by atoms with Gasteiger partial charge in [0.2, 0.25) is 0 Å². The predicted molar refractivity (Wildman–Crippen MR) is 129 cm³/mol. The molecule has 0 spiro atoms. The van der Waals surface area contributed by atoms with E-state index in [1.54, 1.807) is 0 Å². The van der Waals surface area contributed by atoms with Crippen molar-refractivity contribution in [1.29, 1.82) is 0 Å². The van der Waals surface area contributed by atoms with Crippen molar-refractivity contribution in [3.05, 3.63) is 85.0 Å². The quantitative estimate of drug-likeness (QED) is 0.379. The van der Waals surface area contributed by atoms with E-state index in [0.717, 1.165) is 17.0 Å². The Bertz CT molecular complexity index is 881. The molecule has 3 heteroatoms. The summed E-state index contributed by atoms with van der Waals surface area (Å²) in [5.74, 6) is 0.0197. The maximum Gasteiger partial charge on any atom is 0.0988 e. The molecule has 2 rings (SSSR count). The van der Waals surface area contributed by atoms with Gasteiger partial charge in [0.25, 0.3) is 0 Å². The van der Waals surface area contributed by atoms with Gasteiger partial charge in [-0.05, 0) is 52.3 Å². The Balaban J connectivity index is 2.76. The van der Waals surface area contributed by atoms with Crippen molar-refractivity contribution in [3.8, 4) is 0 Å². The summed E-state index contributed by atoms with van der Waals surface area (Å²) in [6.07, 6.45) is 13.7. The van der Waals surface area contributed by atoms with E-state index < -0.39 is 5.54 Å². The van der Waals surface area contributed by atoms with Gasteiger partial charge >= 0.3 is 0 Å². The van der Waals surface area contributed by atoms with Gasteiger partial charge in [0.15, 0.2) is 0 Å². The molecule has 152 valence electrons. The maximum absolute atomic E-state index is 5.10. The minimum Gasteiger partial charge on any atom is -0.288 e. The summed E-state index contributed by atoms with van der Waals surface area (Å²) in [6, 6.07) is 8.17. The lowest BCUT2D eigenvalue weighted by atomic mass is 9.72. The molecule has 0 saturated heterocycles. The molecule has 3 nitrogen and oxygen atoms in total. The van der Waals surface area contributed by atoms with E-state index in [9.17, 15) is 0 Å². The lowest BCUT2D eigenvalue weighted by Gasteiger charge is -2.40. The second-order valence-electron chi connectivity index (χ2n) is 7.61. The predicted octanol–water partition coefficient (Wildman–Crippen LogP) is 6.14. The van der Waals surface area contributed by atoms with Crippen LogP contribution < -0.4 is 0 Å². The van der Waals surface area contributed by atoms with Crippen LogP contribution >= 0.6 is 0 Å². The molecule has 4 atom stereocenters. The van der Waals surface area contributed by atoms with E-state index in [2.05, 4.69) is 50.4 Å². The average molecular weight is 388 g/mol. The normalized spacial score (nSPS) is 22.2. The SMILES string of the molecule is C=CC1=NC(C=C)C(C(N=C(C)C)C(C)(/C=C\C)N=C/C=C\C)c2ccccc21. The van der Waals surface area contributed by atoms with Gasteiger partial charge in [-0.25, -0.2) is 0 Å². The Morgan fingerprint density at radius 3 is 2.48 bits per heavy atom. The van der Waals surface area contributed by atoms with Crippen molar-refractivity contribution >= 4 is 17.6 Å². The monoisotopic (exact) mass is 387 g/mol. The highest BCUT2D eigenvalue weighted by molar-refractivity contribution is 6.10. The molecule has 0 bridgehead atoms. The molecule has 4 unspecified atom stereocenters. The van der Waals surface area contributed by atoms with Crippen molar-refractivity contribution in [2.24, 2.45) is 15.0 Å². The third kappa shape index (κ3) is 4.97. The molecule has 29 heavy (non-hydrogen) atoms. The molecule has 0 aliphatic carbocycles. The van der Waals surface area contributed by atoms with E-state index in [1.165, 1.54) is 5.56 Å². The van der Waals surface area contributed by atoms with Crippen LogP contribution in [0.3, 0.4) is 0 Å². The van der Waals surface area contributed by atoms with Crippen LogP contribution in [0.1, 0.15) is 51.7 Å². The standard InChI is InChI=1S/C26H33N3/c1-8-12-18-27-26(7,17-9-2)25(28-19(5)6)24-21-16-14-13-15-20(21)22(10-3)29-23(24)11-4/h8-18,23-25H,3-4H2,1-2,5-7H3/b12-8-,17-9-,27-18?. The molecule has 0 saturated carbocycles. The van der Waals surface area contributed by atoms with E-state index >= 15 is 0 Å². The van der Waals surface area contributed by atoms with Crippen LogP contribution in [0.5, 0.6) is 0 Å². The van der Waals surface area contributed by atoms with Crippen molar-refractivity contribution in [1.82, 2.24) is 0 Å². The number of rotatable bonds is 8. The number of benzene rings is 1. The summed E-state index contributed by atoms with van der Waals surface area (Å²) < 4.78 is 0. The highest BCUT2D eigenvalue weighted by Crippen LogP contribution is 2.41. The summed E-state index contributed by atoms with van der Waals surface area (Å²) in [5.41, 5.74) is 3.73. The molecule has 1 aromatic rings. The van der Waals surface area contributed by atoms with E-state index in [-0.39, 0.29) is 18.0 Å². The maximum atomic E-state index is 5.10. The second kappa shape index (κ2) is 10.1. The van der Waals surface area contributed by atoms with Gasteiger partial charge in [0.05, 0.1) is 23.3 Å². The molecule has 1 aromatic carbocycles. The fourth-order valence-corrected chi connectivity index (χ4v) is 3.93. The van der Waals surface area contributed by atoms with Crippen LogP contribution in [0.2, 0.25) is 0 Å². The van der Waals surface area contributed by atoms with Crippen molar-refractivity contribution < 1.29 is 0 Å². The van der Waals surface area contributed by atoms with Crippen molar-refractivity contribution in [3.63, 3.8) is 0 Å². The smallest absolute Gasteiger partial charge is 0.0988 e. The van der Waals surface area contributed by atoms with Crippen LogP contribution in [0.15, 0.2) is 88.9 Å². The molecule has 1 aliphatic rings. The Hall–Kier alpha value is -2.81. The van der Waals surface area contributed by atoms with Gasteiger partial charge < -0.3 is 0 Å². The lowest BCUT2D eigenvalue weighted by Crippen LogP contribution is -2.44. The molecule has 1 heterocycles. The summed E-state index contributed by atoms with van der Waals surface area (Å²) in [5, 5.41) is 0. The van der Waals surface area contributed by atoms with Gasteiger partial charge in [0.1, 0.15) is 0 Å². The summed E-state index contributed by atoms with van der Waals surface area (Å²) >= 11 is 0. The fourth-order valence-electron chi connectivity index (χ4n) is 3.93. The third-order valence-electron chi connectivity index (χ3n) is 5.16. The first-order chi connectivity index (χ1) is 13.9. The number of hydrogen-bond donors (Lipinski definition) is 0. The van der Waals surface area contributed by atoms with Gasteiger partial charge in [0, 0.05) is 23.4 Å². The van der Waals surface area contributed by atoms with Crippen LogP contribution in [0, 0.1) is 0 Å². The minimum absolute atomic E-state index is 0.0197. The second-order valence-corrected chi connectivity index (χ2v) is 7.61. The van der Waals surface area contributed by atoms with E-state index in [0.29, 0.717) is 0 Å². The Kier molecular flexibility index (Phi) is 7.83. The van der Waals surface area contributed by atoms with Crippen LogP contribution in [0.4, 0.5) is 0 Å². The molecule has 0 aromatic heterocycles. The van der Waals surface area contributed by atoms with Crippen LogP contribution in [-0.4, -0.2) is 35.3 Å². The highest BCUT2D eigenvalue weighted by atomic mass is 15.0. The van der Waals surface area contributed by atoms with Crippen LogP contribution in [-0.2, 0) is 0 Å². The minimum atomic E-state index is -0.522. The van der Waals surface area contributed by atoms with Gasteiger partial charge in [-0.2, -0.15) is 0 Å². The molecule has 1 aliphatic heterocycles. The van der Waals surface area contributed by atoms with Gasteiger partial charge in [-0.15, -0.1) is 6.58 Å². The molecule has 0 amide bonds. The summed E-state index contributed by atoms with van der Waals surface area (Å²) in [4.78, 5) is 15.0. The van der Waals surface area contributed by atoms with Crippen molar-refractivity contribution in [2.75, 3.05) is 0 Å². The zero-order chi connectivity index (χ0) is 21.4. The first kappa shape index (κ1) is 22.5. The zero-order valence-electron chi connectivity index (χ0n) is 18.3. The highest BCUT2D eigenvalue weighted by Gasteiger charge is 2.43. The number of aliphatic imine (C=N–C) groups is 3. The number of nitrogens with zero attached hydrogens (tertiary/aromatic N) is 3. The van der Waals surface area contributed by atoms with Crippen LogP contribution in [0.25, 0.3) is 0 Å². The number of fused-ring (bicyclic) bond motifs is 1. The first-order valence-corrected chi connectivity index (χ1v) is 10.1. The molecule has 0 fully saturated rings. The third-order valence-corrected chi connectivity index (χ3v) is 5.16. The first-order valence-electron chi connectivity index (χ1n) is 10.1. The molecular formula is C26H33N3. The molecular weight excluding hydrogens is 354 g/mol. The average Bonchev–Trinajstić information content (AvgIpc) is 2.71. The topological polar surface area (TPSA) is 37.1 Å².